The molecule has 1 aliphatic rings. The lowest BCUT2D eigenvalue weighted by Crippen LogP contribution is -2.25. The molecule has 53 heavy (non-hydrogen) atoms. The highest BCUT2D eigenvalue weighted by molar-refractivity contribution is 9.10. The van der Waals surface area contributed by atoms with Crippen LogP contribution in [0.5, 0.6) is 0 Å². The number of nitrogens with one attached hydrogen (secondary N) is 2. The summed E-state index contributed by atoms with van der Waals surface area (Å²) in [6, 6.07) is 21.0. The third-order valence-corrected chi connectivity index (χ3v) is 10.1. The Morgan fingerprint density at radius 1 is 0.792 bits per heavy atom. The van der Waals surface area contributed by atoms with Gasteiger partial charge in [-0.2, -0.15) is 0 Å². The van der Waals surface area contributed by atoms with Crippen molar-refractivity contribution in [3.63, 3.8) is 0 Å². The van der Waals surface area contributed by atoms with Gasteiger partial charge in [0.1, 0.15) is 11.6 Å². The molecule has 1 atom stereocenters. The summed E-state index contributed by atoms with van der Waals surface area (Å²) in [4.78, 5) is 59.8. The number of nitrogens with zero attached hydrogens (tertiary/aromatic N) is 4. The largest absolute Gasteiger partial charge is 0.325 e. The molecule has 2 amide bonds. The van der Waals surface area contributed by atoms with Crippen molar-refractivity contribution >= 4 is 84.1 Å². The minimum absolute atomic E-state index is 0.00361. The predicted octanol–water partition coefficient (Wildman–Crippen LogP) is 9.27. The number of hydrogen-bond donors (Lipinski definition) is 2. The summed E-state index contributed by atoms with van der Waals surface area (Å²) >= 11 is 15.4. The molecule has 1 unspecified atom stereocenters. The van der Waals surface area contributed by atoms with E-state index in [-0.39, 0.29) is 40.7 Å². The highest BCUT2D eigenvalue weighted by Crippen LogP contribution is 2.37. The summed E-state index contributed by atoms with van der Waals surface area (Å²) in [7, 11) is 0. The summed E-state index contributed by atoms with van der Waals surface area (Å²) in [5.41, 5.74) is 4.25. The zero-order valence-electron chi connectivity index (χ0n) is 29.5. The van der Waals surface area contributed by atoms with E-state index in [9.17, 15) is 19.2 Å². The van der Waals surface area contributed by atoms with Gasteiger partial charge in [0.2, 0.25) is 11.8 Å². The smallest absolute Gasteiger partial charge is 0.266 e. The molecule has 270 valence electrons. The second-order valence-electron chi connectivity index (χ2n) is 13.1. The highest BCUT2D eigenvalue weighted by Gasteiger charge is 2.31. The van der Waals surface area contributed by atoms with E-state index < -0.39 is 0 Å². The minimum atomic E-state index is -0.339. The van der Waals surface area contributed by atoms with Crippen molar-refractivity contribution < 1.29 is 9.59 Å². The van der Waals surface area contributed by atoms with E-state index in [0.717, 1.165) is 16.9 Å². The van der Waals surface area contributed by atoms with Gasteiger partial charge in [-0.3, -0.25) is 28.3 Å². The van der Waals surface area contributed by atoms with Crippen LogP contribution in [0.15, 0.2) is 99.5 Å². The Bertz CT molecular complexity index is 2560. The number of hydrogen-bond acceptors (Lipinski definition) is 6. The van der Waals surface area contributed by atoms with Crippen molar-refractivity contribution in [3.05, 3.63) is 138 Å². The monoisotopic (exact) mass is 812 g/mol. The number of anilines is 2. The summed E-state index contributed by atoms with van der Waals surface area (Å²) in [6.45, 7) is 13.2. The maximum absolute atomic E-state index is 13.3. The number of halogens is 3. The molecule has 0 saturated carbocycles. The fourth-order valence-electron chi connectivity index (χ4n) is 6.18. The van der Waals surface area contributed by atoms with Gasteiger partial charge in [0.25, 0.3) is 11.1 Å². The predicted molar refractivity (Wildman–Crippen MR) is 216 cm³/mol. The van der Waals surface area contributed by atoms with E-state index in [1.54, 1.807) is 69.8 Å². The maximum atomic E-state index is 13.3. The van der Waals surface area contributed by atoms with Crippen molar-refractivity contribution in [1.29, 1.82) is 0 Å². The number of carbonyl (C=O) groups is 2. The zero-order chi connectivity index (χ0) is 38.3. The molecule has 0 radical (unpaired) electrons. The molecule has 2 aromatic heterocycles. The third kappa shape index (κ3) is 7.16. The fraction of sp³-hybridized carbons (Fsp3) is 0.200. The van der Waals surface area contributed by atoms with Crippen LogP contribution in [0.1, 0.15) is 69.6 Å². The van der Waals surface area contributed by atoms with Gasteiger partial charge in [-0.15, -0.1) is 0 Å². The molecule has 13 heteroatoms. The molecule has 0 spiro atoms. The Labute approximate surface area is 323 Å². The van der Waals surface area contributed by atoms with E-state index in [1.165, 1.54) is 6.08 Å². The van der Waals surface area contributed by atoms with Gasteiger partial charge in [0, 0.05) is 33.1 Å². The van der Waals surface area contributed by atoms with E-state index in [0.29, 0.717) is 59.3 Å². The lowest BCUT2D eigenvalue weighted by molar-refractivity contribution is -0.116. The van der Waals surface area contributed by atoms with Gasteiger partial charge < -0.3 is 10.6 Å². The Morgan fingerprint density at radius 2 is 1.26 bits per heavy atom. The second kappa shape index (κ2) is 15.1. The van der Waals surface area contributed by atoms with Gasteiger partial charge in [-0.05, 0) is 102 Å². The first-order valence-corrected chi connectivity index (χ1v) is 18.4. The molecule has 2 N–H and O–H groups in total. The van der Waals surface area contributed by atoms with Crippen LogP contribution in [-0.2, 0) is 9.59 Å². The summed E-state index contributed by atoms with van der Waals surface area (Å²) < 4.78 is 3.78. The van der Waals surface area contributed by atoms with Gasteiger partial charge in [-0.1, -0.05) is 57.5 Å². The van der Waals surface area contributed by atoms with Crippen LogP contribution in [-0.4, -0.2) is 30.9 Å². The van der Waals surface area contributed by atoms with Crippen LogP contribution in [0, 0.1) is 0 Å². The van der Waals surface area contributed by atoms with E-state index in [1.807, 2.05) is 46.8 Å². The number of benzene rings is 4. The van der Waals surface area contributed by atoms with Crippen molar-refractivity contribution in [3.8, 4) is 11.4 Å². The van der Waals surface area contributed by atoms with Crippen molar-refractivity contribution in [2.24, 2.45) is 0 Å². The summed E-state index contributed by atoms with van der Waals surface area (Å²) in [5, 5.41) is 7.71. The summed E-state index contributed by atoms with van der Waals surface area (Å²) in [5.74, 6) is 0.561. The number of fused-ring (bicyclic) bond motifs is 4. The molecule has 7 rings (SSSR count). The van der Waals surface area contributed by atoms with Crippen LogP contribution in [0.2, 0.25) is 10.0 Å². The molecule has 3 heterocycles. The molecule has 4 aromatic carbocycles. The van der Waals surface area contributed by atoms with Crippen LogP contribution in [0.25, 0.3) is 33.2 Å². The van der Waals surface area contributed by atoms with Crippen molar-refractivity contribution in [2.45, 2.75) is 52.4 Å². The normalized spacial score (nSPS) is 13.5. The Morgan fingerprint density at radius 3 is 1.75 bits per heavy atom. The van der Waals surface area contributed by atoms with Crippen LogP contribution >= 0.6 is 39.1 Å². The van der Waals surface area contributed by atoms with Gasteiger partial charge >= 0.3 is 0 Å². The molecule has 6 aromatic rings. The highest BCUT2D eigenvalue weighted by atomic mass is 79.9. The maximum Gasteiger partial charge on any atom is 0.266 e. The van der Waals surface area contributed by atoms with E-state index >= 15 is 0 Å². The van der Waals surface area contributed by atoms with Crippen LogP contribution < -0.4 is 21.8 Å². The van der Waals surface area contributed by atoms with Gasteiger partial charge in [-0.25, -0.2) is 9.97 Å². The third-order valence-electron chi connectivity index (χ3n) is 8.84. The number of rotatable bonds is 6. The van der Waals surface area contributed by atoms with Crippen LogP contribution in [0.4, 0.5) is 11.4 Å². The topological polar surface area (TPSA) is 128 Å². The zero-order valence-corrected chi connectivity index (χ0v) is 32.6. The van der Waals surface area contributed by atoms with Gasteiger partial charge in [0.05, 0.1) is 49.3 Å². The average molecular weight is 815 g/mol. The van der Waals surface area contributed by atoms with E-state index in [4.69, 9.17) is 33.2 Å². The Hall–Kier alpha value is -5.10. The van der Waals surface area contributed by atoms with E-state index in [2.05, 4.69) is 33.1 Å². The summed E-state index contributed by atoms with van der Waals surface area (Å²) in [6.07, 6.45) is 1.18. The Balaban J connectivity index is 0.000000181. The second-order valence-corrected chi connectivity index (χ2v) is 14.8. The number of amides is 2. The molecule has 0 fully saturated rings. The lowest BCUT2D eigenvalue weighted by atomic mass is 9.99. The minimum Gasteiger partial charge on any atom is -0.325 e. The average Bonchev–Trinajstić information content (AvgIpc) is 3.43. The fourth-order valence-corrected chi connectivity index (χ4v) is 6.96. The van der Waals surface area contributed by atoms with Crippen molar-refractivity contribution in [1.82, 2.24) is 19.1 Å². The lowest BCUT2D eigenvalue weighted by Gasteiger charge is -2.17. The first-order chi connectivity index (χ1) is 25.2. The molecule has 0 saturated heterocycles. The number of aromatic nitrogens is 4. The molecule has 10 nitrogen and oxygen atoms in total. The first-order valence-electron chi connectivity index (χ1n) is 16.8. The quantitative estimate of drug-likeness (QED) is 0.162. The SMILES string of the molecule is C=CC(=O)Nc1ccc2c(=O)n(-c3ccc(Cl)cc3)c(C(C)C)nc2c1Br.CC(C)c1nc2c3c(ccc2c(=O)n1-c1ccc(Cl)cc1)NC(=O)C3C. The standard InChI is InChI=1S/C20H17BrClN3O2.C20H18ClN3O2/c1-4-16(26)23-15-10-9-14-18(17(15)21)24-19(11(2)3)25(20(14)27)13-7-5-12(22)6-8-13;1-10(2)18-23-17-14(8-9-15-16(17)11(3)19(25)22-15)20(26)24(18)13-6-4-12(21)5-7-13/h4-11H,1H2,2-3H3,(H,23,26);4-11H,1-3H3,(H,22,25). The first kappa shape index (κ1) is 37.7. The molecule has 0 aliphatic carbocycles. The molecular weight excluding hydrogens is 779 g/mol. The molecule has 1 aliphatic heterocycles. The molecule has 0 bridgehead atoms. The van der Waals surface area contributed by atoms with Gasteiger partial charge in [0.15, 0.2) is 0 Å². The molecular formula is C40H35BrCl2N6O4. The van der Waals surface area contributed by atoms with Crippen molar-refractivity contribution in [2.75, 3.05) is 10.6 Å². The number of carbonyl (C=O) groups excluding carboxylic acids is 2. The van der Waals surface area contributed by atoms with Crippen LogP contribution in [0.3, 0.4) is 0 Å². The Kier molecular flexibility index (Phi) is 10.7.